The summed E-state index contributed by atoms with van der Waals surface area (Å²) in [6, 6.07) is -0.0502. The molecule has 0 saturated carbocycles. The Bertz CT molecular complexity index is 337. The van der Waals surface area contributed by atoms with E-state index in [4.69, 9.17) is 5.21 Å². The van der Waals surface area contributed by atoms with Crippen LogP contribution in [-0.2, 0) is 4.79 Å². The van der Waals surface area contributed by atoms with Gasteiger partial charge in [-0.05, 0) is 19.8 Å². The first kappa shape index (κ1) is 13.3. The van der Waals surface area contributed by atoms with Gasteiger partial charge in [0.1, 0.15) is 0 Å². The maximum Gasteiger partial charge on any atom is 0.239 e. The van der Waals surface area contributed by atoms with Gasteiger partial charge >= 0.3 is 0 Å². The second-order valence-corrected chi connectivity index (χ2v) is 5.45. The Kier molecular flexibility index (Phi) is 4.22. The van der Waals surface area contributed by atoms with Crippen LogP contribution in [0.15, 0.2) is 5.16 Å². The minimum atomic E-state index is -0.0502. The molecule has 0 aromatic heterocycles. The highest BCUT2D eigenvalue weighted by atomic mass is 16.4. The molecule has 102 valence electrons. The molecule has 0 aliphatic carbocycles. The lowest BCUT2D eigenvalue weighted by Gasteiger charge is -2.36. The summed E-state index contributed by atoms with van der Waals surface area (Å²) in [5.41, 5.74) is 0.854. The SMILES string of the molecule is CC1CN(C(C)C(=O)N2CCCC2)CCC1=NO. The van der Waals surface area contributed by atoms with Crippen molar-refractivity contribution in [3.8, 4) is 0 Å². The summed E-state index contributed by atoms with van der Waals surface area (Å²) in [6.45, 7) is 7.49. The standard InChI is InChI=1S/C13H23N3O2/c1-10-9-16(8-5-12(10)14-18)11(2)13(17)15-6-3-4-7-15/h10-11,18H,3-9H2,1-2H3. The highest BCUT2D eigenvalue weighted by Crippen LogP contribution is 2.18. The van der Waals surface area contributed by atoms with Crippen molar-refractivity contribution in [2.45, 2.75) is 39.2 Å². The lowest BCUT2D eigenvalue weighted by molar-refractivity contribution is -0.135. The second-order valence-electron chi connectivity index (χ2n) is 5.45. The molecule has 0 spiro atoms. The number of likely N-dealkylation sites (tertiary alicyclic amines) is 2. The molecule has 2 aliphatic rings. The first-order valence-electron chi connectivity index (χ1n) is 6.87. The van der Waals surface area contributed by atoms with Crippen LogP contribution in [0, 0.1) is 5.92 Å². The molecule has 2 unspecified atom stereocenters. The Morgan fingerprint density at radius 3 is 2.61 bits per heavy atom. The predicted molar refractivity (Wildman–Crippen MR) is 69.9 cm³/mol. The highest BCUT2D eigenvalue weighted by molar-refractivity contribution is 5.87. The van der Waals surface area contributed by atoms with Crippen molar-refractivity contribution in [3.63, 3.8) is 0 Å². The van der Waals surface area contributed by atoms with Gasteiger partial charge in [-0.2, -0.15) is 0 Å². The maximum atomic E-state index is 12.3. The van der Waals surface area contributed by atoms with Gasteiger partial charge in [0.15, 0.2) is 0 Å². The zero-order valence-electron chi connectivity index (χ0n) is 11.3. The average Bonchev–Trinajstić information content (AvgIpc) is 2.90. The highest BCUT2D eigenvalue weighted by Gasteiger charge is 2.31. The van der Waals surface area contributed by atoms with E-state index in [0.717, 1.165) is 51.2 Å². The first-order chi connectivity index (χ1) is 8.63. The van der Waals surface area contributed by atoms with Gasteiger partial charge in [-0.1, -0.05) is 12.1 Å². The molecule has 2 aliphatic heterocycles. The summed E-state index contributed by atoms with van der Waals surface area (Å²) >= 11 is 0. The molecule has 18 heavy (non-hydrogen) atoms. The number of nitrogens with zero attached hydrogens (tertiary/aromatic N) is 3. The third-order valence-electron chi connectivity index (χ3n) is 4.18. The molecule has 2 saturated heterocycles. The number of carbonyl (C=O) groups excluding carboxylic acids is 1. The molecule has 2 rings (SSSR count). The third-order valence-corrected chi connectivity index (χ3v) is 4.18. The summed E-state index contributed by atoms with van der Waals surface area (Å²) < 4.78 is 0. The van der Waals surface area contributed by atoms with Crippen molar-refractivity contribution in [2.24, 2.45) is 11.1 Å². The Morgan fingerprint density at radius 1 is 1.39 bits per heavy atom. The average molecular weight is 253 g/mol. The van der Waals surface area contributed by atoms with Gasteiger partial charge in [0, 0.05) is 38.5 Å². The molecule has 0 aromatic rings. The molecule has 2 fully saturated rings. The van der Waals surface area contributed by atoms with E-state index in [1.54, 1.807) is 0 Å². The van der Waals surface area contributed by atoms with E-state index in [1.807, 2.05) is 18.7 Å². The van der Waals surface area contributed by atoms with Gasteiger partial charge in [-0.3, -0.25) is 9.69 Å². The van der Waals surface area contributed by atoms with Crippen LogP contribution in [0.2, 0.25) is 0 Å². The molecule has 5 nitrogen and oxygen atoms in total. The fraction of sp³-hybridized carbons (Fsp3) is 0.846. The number of rotatable bonds is 2. The minimum absolute atomic E-state index is 0.0502. The lowest BCUT2D eigenvalue weighted by atomic mass is 9.96. The van der Waals surface area contributed by atoms with Crippen molar-refractivity contribution in [3.05, 3.63) is 0 Å². The minimum Gasteiger partial charge on any atom is -0.411 e. The summed E-state index contributed by atoms with van der Waals surface area (Å²) in [7, 11) is 0. The largest absolute Gasteiger partial charge is 0.411 e. The first-order valence-corrected chi connectivity index (χ1v) is 6.87. The lowest BCUT2D eigenvalue weighted by Crippen LogP contribution is -2.51. The van der Waals surface area contributed by atoms with E-state index < -0.39 is 0 Å². The van der Waals surface area contributed by atoms with Gasteiger partial charge in [-0.15, -0.1) is 0 Å². The normalized spacial score (nSPS) is 29.8. The van der Waals surface area contributed by atoms with E-state index >= 15 is 0 Å². The molecular weight excluding hydrogens is 230 g/mol. The summed E-state index contributed by atoms with van der Waals surface area (Å²) in [4.78, 5) is 16.5. The van der Waals surface area contributed by atoms with Crippen LogP contribution in [-0.4, -0.2) is 58.8 Å². The zero-order chi connectivity index (χ0) is 13.1. The number of amides is 1. The molecule has 1 amide bonds. The Labute approximate surface area is 108 Å². The third kappa shape index (κ3) is 2.66. The van der Waals surface area contributed by atoms with E-state index in [0.29, 0.717) is 0 Å². The Balaban J connectivity index is 1.93. The van der Waals surface area contributed by atoms with Crippen LogP contribution in [0.3, 0.4) is 0 Å². The van der Waals surface area contributed by atoms with E-state index in [9.17, 15) is 4.79 Å². The molecule has 2 heterocycles. The number of hydrogen-bond donors (Lipinski definition) is 1. The fourth-order valence-corrected chi connectivity index (χ4v) is 2.91. The fourth-order valence-electron chi connectivity index (χ4n) is 2.91. The Hall–Kier alpha value is -1.10. The zero-order valence-corrected chi connectivity index (χ0v) is 11.3. The van der Waals surface area contributed by atoms with Crippen LogP contribution in [0.25, 0.3) is 0 Å². The van der Waals surface area contributed by atoms with E-state index in [1.165, 1.54) is 0 Å². The van der Waals surface area contributed by atoms with Crippen molar-refractivity contribution in [1.82, 2.24) is 9.80 Å². The van der Waals surface area contributed by atoms with Gasteiger partial charge < -0.3 is 10.1 Å². The number of oxime groups is 1. The summed E-state index contributed by atoms with van der Waals surface area (Å²) in [5.74, 6) is 0.488. The summed E-state index contributed by atoms with van der Waals surface area (Å²) in [6.07, 6.45) is 3.03. The number of carbonyl (C=O) groups is 1. The van der Waals surface area contributed by atoms with Crippen LogP contribution in [0.4, 0.5) is 0 Å². The number of piperidine rings is 1. The van der Waals surface area contributed by atoms with Gasteiger partial charge in [0.05, 0.1) is 11.8 Å². The van der Waals surface area contributed by atoms with Crippen molar-refractivity contribution < 1.29 is 10.0 Å². The molecule has 0 aromatic carbocycles. The second kappa shape index (κ2) is 5.69. The van der Waals surface area contributed by atoms with Crippen LogP contribution >= 0.6 is 0 Å². The van der Waals surface area contributed by atoms with Gasteiger partial charge in [0.2, 0.25) is 5.91 Å². The predicted octanol–water partition coefficient (Wildman–Crippen LogP) is 1.17. The van der Waals surface area contributed by atoms with Crippen LogP contribution in [0.5, 0.6) is 0 Å². The quantitative estimate of drug-likeness (QED) is 0.593. The molecular formula is C13H23N3O2. The maximum absolute atomic E-state index is 12.3. The monoisotopic (exact) mass is 253 g/mol. The molecule has 5 heteroatoms. The van der Waals surface area contributed by atoms with Crippen molar-refractivity contribution in [1.29, 1.82) is 0 Å². The van der Waals surface area contributed by atoms with Gasteiger partial charge in [-0.25, -0.2) is 0 Å². The van der Waals surface area contributed by atoms with E-state index in [2.05, 4.69) is 10.1 Å². The molecule has 0 radical (unpaired) electrons. The van der Waals surface area contributed by atoms with Crippen LogP contribution in [0.1, 0.15) is 33.1 Å². The summed E-state index contributed by atoms with van der Waals surface area (Å²) in [5, 5.41) is 12.2. The van der Waals surface area contributed by atoms with Crippen LogP contribution < -0.4 is 0 Å². The molecule has 0 bridgehead atoms. The molecule has 1 N–H and O–H groups in total. The van der Waals surface area contributed by atoms with Crippen molar-refractivity contribution in [2.75, 3.05) is 26.2 Å². The smallest absolute Gasteiger partial charge is 0.239 e. The Morgan fingerprint density at radius 2 is 2.06 bits per heavy atom. The molecule has 2 atom stereocenters. The van der Waals surface area contributed by atoms with E-state index in [-0.39, 0.29) is 17.9 Å². The van der Waals surface area contributed by atoms with Gasteiger partial charge in [0.25, 0.3) is 0 Å². The number of hydrogen-bond acceptors (Lipinski definition) is 4. The van der Waals surface area contributed by atoms with Crippen molar-refractivity contribution >= 4 is 11.6 Å². The topological polar surface area (TPSA) is 56.1 Å².